The van der Waals surface area contributed by atoms with Gasteiger partial charge in [-0.2, -0.15) is 0 Å². The van der Waals surface area contributed by atoms with Crippen molar-refractivity contribution in [3.8, 4) is 5.75 Å². The van der Waals surface area contributed by atoms with E-state index in [1.165, 1.54) is 12.1 Å². The molecular formula is C20H26N2O4S. The van der Waals surface area contributed by atoms with Crippen molar-refractivity contribution >= 4 is 21.6 Å². The van der Waals surface area contributed by atoms with Gasteiger partial charge in [-0.15, -0.1) is 0 Å². The van der Waals surface area contributed by atoms with Gasteiger partial charge >= 0.3 is 0 Å². The van der Waals surface area contributed by atoms with Crippen LogP contribution in [0.2, 0.25) is 0 Å². The van der Waals surface area contributed by atoms with Gasteiger partial charge in [-0.3, -0.25) is 9.10 Å². The van der Waals surface area contributed by atoms with Crippen LogP contribution in [-0.4, -0.2) is 34.0 Å². The molecule has 0 saturated heterocycles. The van der Waals surface area contributed by atoms with Crippen molar-refractivity contribution in [2.45, 2.75) is 25.7 Å². The van der Waals surface area contributed by atoms with E-state index in [9.17, 15) is 13.2 Å². The summed E-state index contributed by atoms with van der Waals surface area (Å²) in [7, 11) is -3.94. The van der Waals surface area contributed by atoms with Gasteiger partial charge in [0.15, 0.2) is 0 Å². The quantitative estimate of drug-likeness (QED) is 0.714. The third kappa shape index (κ3) is 5.47. The van der Waals surface area contributed by atoms with Crippen molar-refractivity contribution in [1.82, 2.24) is 5.32 Å². The van der Waals surface area contributed by atoms with Crippen LogP contribution in [0.1, 0.15) is 20.8 Å². The Hall–Kier alpha value is -2.54. The number of hydrogen-bond acceptors (Lipinski definition) is 4. The van der Waals surface area contributed by atoms with Crippen molar-refractivity contribution in [3.05, 3.63) is 54.6 Å². The molecule has 2 aromatic rings. The highest BCUT2D eigenvalue weighted by Gasteiger charge is 2.29. The summed E-state index contributed by atoms with van der Waals surface area (Å²) in [5.74, 6) is 0.314. The highest BCUT2D eigenvalue weighted by atomic mass is 32.2. The highest BCUT2D eigenvalue weighted by molar-refractivity contribution is 7.92. The number of rotatable bonds is 9. The molecule has 0 aliphatic carbocycles. The van der Waals surface area contributed by atoms with Gasteiger partial charge in [0.05, 0.1) is 17.2 Å². The SMILES string of the molecule is CCOc1ccccc1N(CC(=O)NCC(C)C)S(=O)(=O)c1ccccc1. The standard InChI is InChI=1S/C20H26N2O4S/c1-4-26-19-13-9-8-12-18(19)22(15-20(23)21-14-16(2)3)27(24,25)17-10-6-5-7-11-17/h5-13,16H,4,14-15H2,1-3H3,(H,21,23). The number of hydrogen-bond donors (Lipinski definition) is 1. The molecule has 0 aliphatic heterocycles. The summed E-state index contributed by atoms with van der Waals surface area (Å²) in [6.45, 7) is 6.31. The van der Waals surface area contributed by atoms with E-state index >= 15 is 0 Å². The van der Waals surface area contributed by atoms with Crippen molar-refractivity contribution in [3.63, 3.8) is 0 Å². The molecule has 0 spiro atoms. The van der Waals surface area contributed by atoms with E-state index in [1.807, 2.05) is 20.8 Å². The average molecular weight is 391 g/mol. The summed E-state index contributed by atoms with van der Waals surface area (Å²) in [4.78, 5) is 12.5. The van der Waals surface area contributed by atoms with E-state index < -0.39 is 10.0 Å². The van der Waals surface area contributed by atoms with Crippen LogP contribution in [0.4, 0.5) is 5.69 Å². The zero-order chi connectivity index (χ0) is 19.9. The van der Waals surface area contributed by atoms with Crippen molar-refractivity contribution in [1.29, 1.82) is 0 Å². The fourth-order valence-corrected chi connectivity index (χ4v) is 3.92. The topological polar surface area (TPSA) is 75.7 Å². The van der Waals surface area contributed by atoms with Gasteiger partial charge in [-0.1, -0.05) is 44.2 Å². The molecule has 0 bridgehead atoms. The van der Waals surface area contributed by atoms with E-state index in [2.05, 4.69) is 5.32 Å². The smallest absolute Gasteiger partial charge is 0.264 e. The first kappa shape index (κ1) is 20.8. The number of anilines is 1. The third-order valence-corrected chi connectivity index (χ3v) is 5.53. The van der Waals surface area contributed by atoms with Gasteiger partial charge in [0.2, 0.25) is 5.91 Å². The summed E-state index contributed by atoms with van der Waals surface area (Å²) in [5, 5.41) is 2.77. The second-order valence-corrected chi connectivity index (χ2v) is 8.29. The third-order valence-electron chi connectivity index (χ3n) is 3.76. The molecule has 146 valence electrons. The fraction of sp³-hybridized carbons (Fsp3) is 0.350. The second-order valence-electron chi connectivity index (χ2n) is 6.42. The molecule has 27 heavy (non-hydrogen) atoms. The van der Waals surface area contributed by atoms with Crippen molar-refractivity contribution in [2.24, 2.45) is 5.92 Å². The van der Waals surface area contributed by atoms with E-state index in [0.29, 0.717) is 24.6 Å². The Morgan fingerprint density at radius 1 is 1.07 bits per heavy atom. The zero-order valence-corrected chi connectivity index (χ0v) is 16.7. The molecule has 0 radical (unpaired) electrons. The lowest BCUT2D eigenvalue weighted by atomic mass is 10.2. The Kier molecular flexibility index (Phi) is 7.24. The predicted molar refractivity (Wildman–Crippen MR) is 106 cm³/mol. The molecule has 0 aromatic heterocycles. The lowest BCUT2D eigenvalue weighted by Crippen LogP contribution is -2.42. The van der Waals surface area contributed by atoms with Gasteiger partial charge in [0.1, 0.15) is 12.3 Å². The minimum absolute atomic E-state index is 0.118. The minimum Gasteiger partial charge on any atom is -0.492 e. The number of carbonyl (C=O) groups is 1. The maximum absolute atomic E-state index is 13.3. The van der Waals surface area contributed by atoms with Crippen LogP contribution >= 0.6 is 0 Å². The Morgan fingerprint density at radius 2 is 1.70 bits per heavy atom. The molecule has 1 N–H and O–H groups in total. The summed E-state index contributed by atoms with van der Waals surface area (Å²) in [6.07, 6.45) is 0. The van der Waals surface area contributed by atoms with Crippen LogP contribution in [-0.2, 0) is 14.8 Å². The number of carbonyl (C=O) groups excluding carboxylic acids is 1. The Morgan fingerprint density at radius 3 is 2.33 bits per heavy atom. The summed E-state index contributed by atoms with van der Waals surface area (Å²) >= 11 is 0. The number of ether oxygens (including phenoxy) is 1. The van der Waals surface area contributed by atoms with Gasteiger partial charge in [0, 0.05) is 6.54 Å². The van der Waals surface area contributed by atoms with Crippen LogP contribution in [0.25, 0.3) is 0 Å². The first-order valence-corrected chi connectivity index (χ1v) is 10.4. The van der Waals surface area contributed by atoms with E-state index in [-0.39, 0.29) is 23.3 Å². The number of sulfonamides is 1. The van der Waals surface area contributed by atoms with Crippen LogP contribution in [0.15, 0.2) is 59.5 Å². The monoisotopic (exact) mass is 390 g/mol. The summed E-state index contributed by atoms with van der Waals surface area (Å²) in [6, 6.07) is 14.9. The molecule has 2 rings (SSSR count). The molecule has 0 heterocycles. The number of para-hydroxylation sites is 2. The summed E-state index contributed by atoms with van der Waals surface area (Å²) in [5.41, 5.74) is 0.336. The van der Waals surface area contributed by atoms with Crippen LogP contribution < -0.4 is 14.4 Å². The molecular weight excluding hydrogens is 364 g/mol. The number of nitrogens with zero attached hydrogens (tertiary/aromatic N) is 1. The molecule has 6 nitrogen and oxygen atoms in total. The van der Waals surface area contributed by atoms with Crippen LogP contribution in [0.3, 0.4) is 0 Å². The van der Waals surface area contributed by atoms with Crippen molar-refractivity contribution in [2.75, 3.05) is 24.0 Å². The van der Waals surface area contributed by atoms with E-state index in [0.717, 1.165) is 4.31 Å². The first-order chi connectivity index (χ1) is 12.9. The summed E-state index contributed by atoms with van der Waals surface area (Å²) < 4.78 is 33.2. The van der Waals surface area contributed by atoms with Crippen LogP contribution in [0.5, 0.6) is 5.75 Å². The maximum Gasteiger partial charge on any atom is 0.264 e. The van der Waals surface area contributed by atoms with Gasteiger partial charge < -0.3 is 10.1 Å². The Balaban J connectivity index is 2.45. The number of nitrogens with one attached hydrogen (secondary N) is 1. The number of benzene rings is 2. The molecule has 2 aromatic carbocycles. The van der Waals surface area contributed by atoms with Crippen LogP contribution in [0, 0.1) is 5.92 Å². The molecule has 0 fully saturated rings. The maximum atomic E-state index is 13.3. The van der Waals surface area contributed by atoms with Gasteiger partial charge in [-0.25, -0.2) is 8.42 Å². The van der Waals surface area contributed by atoms with Crippen molar-refractivity contribution < 1.29 is 17.9 Å². The molecule has 0 unspecified atom stereocenters. The molecule has 0 saturated carbocycles. The zero-order valence-electron chi connectivity index (χ0n) is 15.9. The van der Waals surface area contributed by atoms with E-state index in [4.69, 9.17) is 4.74 Å². The fourth-order valence-electron chi connectivity index (χ4n) is 2.46. The Bertz CT molecular complexity index is 851. The second kappa shape index (κ2) is 9.41. The van der Waals surface area contributed by atoms with Gasteiger partial charge in [0.25, 0.3) is 10.0 Å². The normalized spacial score (nSPS) is 11.3. The lowest BCUT2D eigenvalue weighted by Gasteiger charge is -2.26. The van der Waals surface area contributed by atoms with Gasteiger partial charge in [-0.05, 0) is 37.1 Å². The molecule has 7 heteroatoms. The number of amides is 1. The lowest BCUT2D eigenvalue weighted by molar-refractivity contribution is -0.119. The molecule has 0 atom stereocenters. The molecule has 0 aliphatic rings. The highest BCUT2D eigenvalue weighted by Crippen LogP contribution is 2.32. The minimum atomic E-state index is -3.94. The predicted octanol–water partition coefficient (Wildman–Crippen LogP) is 3.05. The Labute approximate surface area is 161 Å². The molecule has 1 amide bonds. The average Bonchev–Trinajstić information content (AvgIpc) is 2.66. The van der Waals surface area contributed by atoms with E-state index in [1.54, 1.807) is 42.5 Å². The largest absolute Gasteiger partial charge is 0.492 e. The first-order valence-electron chi connectivity index (χ1n) is 8.92.